The molecule has 2 N–H and O–H groups in total. The highest BCUT2D eigenvalue weighted by Crippen LogP contribution is 2.39. The number of anilines is 2. The molecule has 0 aromatic carbocycles. The molecule has 2 amide bonds. The van der Waals surface area contributed by atoms with Crippen molar-refractivity contribution in [3.63, 3.8) is 0 Å². The van der Waals surface area contributed by atoms with Crippen LogP contribution in [0.2, 0.25) is 0 Å². The topological polar surface area (TPSA) is 143 Å². The Labute approximate surface area is 234 Å². The normalized spacial score (nSPS) is 16.6. The Balaban J connectivity index is 1.73. The summed E-state index contributed by atoms with van der Waals surface area (Å²) in [6.45, 7) is 12.0. The molecule has 11 nitrogen and oxygen atoms in total. The van der Waals surface area contributed by atoms with E-state index in [2.05, 4.69) is 40.8 Å². The number of nitrogens with zero attached hydrogens (tertiary/aromatic N) is 4. The lowest BCUT2D eigenvalue weighted by Gasteiger charge is -2.36. The smallest absolute Gasteiger partial charge is 0.268 e. The molecule has 0 bridgehead atoms. The molecule has 12 heteroatoms. The summed E-state index contributed by atoms with van der Waals surface area (Å²) in [5, 5.41) is 2.39. The number of hydrogen-bond acceptors (Lipinski definition) is 9. The lowest BCUT2D eigenvalue weighted by atomic mass is 9.90. The third-order valence-electron chi connectivity index (χ3n) is 7.03. The minimum Gasteiger partial charge on any atom is -0.475 e. The van der Waals surface area contributed by atoms with Gasteiger partial charge >= 0.3 is 0 Å². The van der Waals surface area contributed by atoms with E-state index in [9.17, 15) is 18.0 Å². The van der Waals surface area contributed by atoms with Crippen molar-refractivity contribution < 1.29 is 22.7 Å². The highest BCUT2D eigenvalue weighted by molar-refractivity contribution is 7.90. The van der Waals surface area contributed by atoms with Crippen molar-refractivity contribution in [3.8, 4) is 17.1 Å². The highest BCUT2D eigenvalue weighted by atomic mass is 32.2. The molecule has 0 spiro atoms. The molecule has 1 aliphatic rings. The molecule has 4 heterocycles. The van der Waals surface area contributed by atoms with Crippen LogP contribution in [-0.2, 0) is 14.8 Å². The third kappa shape index (κ3) is 6.06. The number of nitrogens with one attached hydrogen (secondary N) is 2. The van der Waals surface area contributed by atoms with Gasteiger partial charge in [0.15, 0.2) is 5.82 Å². The first-order valence-corrected chi connectivity index (χ1v) is 14.5. The molecule has 212 valence electrons. The zero-order chi connectivity index (χ0) is 29.2. The fourth-order valence-corrected chi connectivity index (χ4v) is 5.62. The molecule has 1 atom stereocenters. The molecule has 1 fully saturated rings. The van der Waals surface area contributed by atoms with Crippen LogP contribution in [0.15, 0.2) is 53.7 Å². The van der Waals surface area contributed by atoms with Crippen molar-refractivity contribution in [1.29, 1.82) is 0 Å². The van der Waals surface area contributed by atoms with E-state index in [1.807, 2.05) is 24.8 Å². The Morgan fingerprint density at radius 1 is 1.12 bits per heavy atom. The van der Waals surface area contributed by atoms with Crippen molar-refractivity contribution >= 4 is 33.5 Å². The van der Waals surface area contributed by atoms with Gasteiger partial charge < -0.3 is 15.0 Å². The SMILES string of the molecule is CC(=O)Nc1ncccc1S(=O)(=O)NC(=O)c1ccc(-c2ccc(OC(C)C)nc2)nc1N1CCC(C)C1(C)C. The minimum absolute atomic E-state index is 0.0162. The summed E-state index contributed by atoms with van der Waals surface area (Å²) in [5.74, 6) is -0.342. The second kappa shape index (κ2) is 11.2. The Hall–Kier alpha value is -4.06. The van der Waals surface area contributed by atoms with Crippen LogP contribution in [0.1, 0.15) is 58.3 Å². The van der Waals surface area contributed by atoms with Crippen LogP contribution in [0.25, 0.3) is 11.3 Å². The third-order valence-corrected chi connectivity index (χ3v) is 8.40. The van der Waals surface area contributed by atoms with Gasteiger partial charge in [0.2, 0.25) is 11.8 Å². The van der Waals surface area contributed by atoms with Crippen LogP contribution in [0.3, 0.4) is 0 Å². The van der Waals surface area contributed by atoms with E-state index in [0.29, 0.717) is 29.9 Å². The number of rotatable bonds is 8. The number of ether oxygens (including phenoxy) is 1. The first kappa shape index (κ1) is 28.9. The molecule has 1 aliphatic heterocycles. The highest BCUT2D eigenvalue weighted by Gasteiger charge is 2.41. The van der Waals surface area contributed by atoms with E-state index in [-0.39, 0.29) is 27.9 Å². The fraction of sp³-hybridized carbons (Fsp3) is 0.393. The molecule has 0 aliphatic carbocycles. The summed E-state index contributed by atoms with van der Waals surface area (Å²) in [5.41, 5.74) is 1.06. The van der Waals surface area contributed by atoms with Gasteiger partial charge in [0.05, 0.1) is 17.4 Å². The maximum absolute atomic E-state index is 13.5. The van der Waals surface area contributed by atoms with E-state index in [0.717, 1.165) is 12.0 Å². The van der Waals surface area contributed by atoms with Crippen molar-refractivity contribution in [3.05, 3.63) is 54.4 Å². The predicted molar refractivity (Wildman–Crippen MR) is 152 cm³/mol. The van der Waals surface area contributed by atoms with Crippen LogP contribution in [0.5, 0.6) is 5.88 Å². The van der Waals surface area contributed by atoms with Crippen molar-refractivity contribution in [2.75, 3.05) is 16.8 Å². The van der Waals surface area contributed by atoms with Gasteiger partial charge in [0.25, 0.3) is 15.9 Å². The summed E-state index contributed by atoms with van der Waals surface area (Å²) in [7, 11) is -4.39. The summed E-state index contributed by atoms with van der Waals surface area (Å²) in [4.78, 5) is 40.0. The van der Waals surface area contributed by atoms with Crippen LogP contribution in [-0.4, -0.2) is 53.4 Å². The zero-order valence-electron chi connectivity index (χ0n) is 23.4. The Morgan fingerprint density at radius 3 is 2.48 bits per heavy atom. The molecule has 1 unspecified atom stereocenters. The molecule has 3 aromatic heterocycles. The standard InChI is InChI=1S/C28H34N6O5S/c1-17(2)39-24-12-9-20(16-30-24)22-11-10-21(26(32-22)34-15-13-18(3)28(34,5)6)27(36)33-40(37,38)23-8-7-14-29-25(23)31-19(4)35/h7-12,14,16-18H,13,15H2,1-6H3,(H,33,36)(H,29,31,35). The maximum atomic E-state index is 13.5. The van der Waals surface area contributed by atoms with Gasteiger partial charge in [0.1, 0.15) is 10.7 Å². The van der Waals surface area contributed by atoms with E-state index >= 15 is 0 Å². The van der Waals surface area contributed by atoms with E-state index in [1.165, 1.54) is 25.3 Å². The fourth-order valence-electron chi connectivity index (χ4n) is 4.54. The van der Waals surface area contributed by atoms with Crippen molar-refractivity contribution in [2.45, 2.75) is 64.5 Å². The number of sulfonamides is 1. The van der Waals surface area contributed by atoms with E-state index in [4.69, 9.17) is 9.72 Å². The van der Waals surface area contributed by atoms with Crippen LogP contribution >= 0.6 is 0 Å². The zero-order valence-corrected chi connectivity index (χ0v) is 24.2. The van der Waals surface area contributed by atoms with Gasteiger partial charge in [0, 0.05) is 43.0 Å². The molecular weight excluding hydrogens is 532 g/mol. The molecule has 40 heavy (non-hydrogen) atoms. The number of amides is 2. The molecule has 4 rings (SSSR count). The lowest BCUT2D eigenvalue weighted by molar-refractivity contribution is -0.114. The minimum atomic E-state index is -4.39. The largest absolute Gasteiger partial charge is 0.475 e. The number of carbonyl (C=O) groups is 2. The second-order valence-electron chi connectivity index (χ2n) is 10.6. The average Bonchev–Trinajstić information content (AvgIpc) is 3.15. The number of aromatic nitrogens is 3. The van der Waals surface area contributed by atoms with Gasteiger partial charge in [-0.25, -0.2) is 28.1 Å². The first-order valence-electron chi connectivity index (χ1n) is 13.0. The maximum Gasteiger partial charge on any atom is 0.268 e. The van der Waals surface area contributed by atoms with Gasteiger partial charge in [-0.1, -0.05) is 6.92 Å². The molecule has 1 saturated heterocycles. The molecule has 0 saturated carbocycles. The Morgan fingerprint density at radius 2 is 1.88 bits per heavy atom. The summed E-state index contributed by atoms with van der Waals surface area (Å²) < 4.78 is 34.3. The quantitative estimate of drug-likeness (QED) is 0.413. The van der Waals surface area contributed by atoms with Gasteiger partial charge in [-0.05, 0) is 70.4 Å². The summed E-state index contributed by atoms with van der Waals surface area (Å²) in [6, 6.07) is 9.49. The Bertz CT molecular complexity index is 1520. The summed E-state index contributed by atoms with van der Waals surface area (Å²) in [6.07, 6.45) is 3.87. The number of hydrogen-bond donors (Lipinski definition) is 2. The van der Waals surface area contributed by atoms with Gasteiger partial charge in [-0.15, -0.1) is 0 Å². The number of pyridine rings is 3. The van der Waals surface area contributed by atoms with Crippen LogP contribution in [0, 0.1) is 5.92 Å². The predicted octanol–water partition coefficient (Wildman–Crippen LogP) is 4.03. The van der Waals surface area contributed by atoms with Crippen molar-refractivity contribution in [2.24, 2.45) is 5.92 Å². The lowest BCUT2D eigenvalue weighted by Crippen LogP contribution is -2.43. The van der Waals surface area contributed by atoms with Crippen molar-refractivity contribution in [1.82, 2.24) is 19.7 Å². The second-order valence-corrected chi connectivity index (χ2v) is 12.2. The molecule has 3 aromatic rings. The first-order chi connectivity index (χ1) is 18.8. The van der Waals surface area contributed by atoms with E-state index < -0.39 is 21.8 Å². The Kier molecular flexibility index (Phi) is 8.10. The van der Waals surface area contributed by atoms with Gasteiger partial charge in [-0.2, -0.15) is 0 Å². The van der Waals surface area contributed by atoms with Crippen LogP contribution < -0.4 is 19.7 Å². The van der Waals surface area contributed by atoms with Gasteiger partial charge in [-0.3, -0.25) is 9.59 Å². The molecular formula is C28H34N6O5S. The summed E-state index contributed by atoms with van der Waals surface area (Å²) >= 11 is 0. The number of carbonyl (C=O) groups excluding carboxylic acids is 2. The van der Waals surface area contributed by atoms with E-state index in [1.54, 1.807) is 24.4 Å². The average molecular weight is 567 g/mol. The monoisotopic (exact) mass is 566 g/mol. The van der Waals surface area contributed by atoms with Crippen LogP contribution in [0.4, 0.5) is 11.6 Å². The molecule has 0 radical (unpaired) electrons.